The Morgan fingerprint density at radius 1 is 1.00 bits per heavy atom. The third kappa shape index (κ3) is 3.98. The normalized spacial score (nSPS) is 40.5. The van der Waals surface area contributed by atoms with Gasteiger partial charge in [0.1, 0.15) is 0 Å². The van der Waals surface area contributed by atoms with Crippen LogP contribution in [0, 0.1) is 11.8 Å². The number of piperidine rings is 1. The Kier molecular flexibility index (Phi) is 6.35. The molecule has 2 aliphatic rings. The second-order valence-electron chi connectivity index (χ2n) is 7.45. The lowest BCUT2D eigenvalue weighted by Crippen LogP contribution is -2.56. The molecule has 20 heavy (non-hydrogen) atoms. The minimum Gasteiger partial charge on any atom is -0.314 e. The highest BCUT2D eigenvalue weighted by Gasteiger charge is 2.35. The van der Waals surface area contributed by atoms with E-state index in [1.165, 1.54) is 58.0 Å². The topological polar surface area (TPSA) is 15.3 Å². The molecule has 0 aromatic carbocycles. The average molecular weight is 280 g/mol. The van der Waals surface area contributed by atoms with Crippen LogP contribution >= 0.6 is 0 Å². The van der Waals surface area contributed by atoms with Gasteiger partial charge >= 0.3 is 0 Å². The van der Waals surface area contributed by atoms with E-state index < -0.39 is 0 Å². The zero-order valence-corrected chi connectivity index (χ0v) is 14.2. The Hall–Kier alpha value is -0.0800. The first-order valence-electron chi connectivity index (χ1n) is 9.12. The molecule has 2 nitrogen and oxygen atoms in total. The molecule has 1 aliphatic carbocycles. The molecule has 2 fully saturated rings. The fraction of sp³-hybridized carbons (Fsp3) is 1.00. The fourth-order valence-corrected chi connectivity index (χ4v) is 4.32. The quantitative estimate of drug-likeness (QED) is 0.781. The maximum atomic E-state index is 3.77. The highest BCUT2D eigenvalue weighted by Crippen LogP contribution is 2.32. The molecule has 2 rings (SSSR count). The van der Waals surface area contributed by atoms with E-state index in [-0.39, 0.29) is 0 Å². The Morgan fingerprint density at radius 3 is 2.55 bits per heavy atom. The summed E-state index contributed by atoms with van der Waals surface area (Å²) in [6.45, 7) is 12.1. The van der Waals surface area contributed by atoms with Crippen LogP contribution in [0.1, 0.15) is 72.6 Å². The van der Waals surface area contributed by atoms with Crippen LogP contribution in [-0.2, 0) is 0 Å². The molecule has 118 valence electrons. The van der Waals surface area contributed by atoms with E-state index in [0.717, 1.165) is 30.0 Å². The molecule has 1 saturated heterocycles. The molecule has 5 atom stereocenters. The second-order valence-corrected chi connectivity index (χ2v) is 7.45. The minimum absolute atomic E-state index is 0.742. The second kappa shape index (κ2) is 7.79. The molecule has 1 N–H and O–H groups in total. The summed E-state index contributed by atoms with van der Waals surface area (Å²) >= 11 is 0. The first-order chi connectivity index (χ1) is 9.63. The number of nitrogens with zero attached hydrogens (tertiary/aromatic N) is 1. The van der Waals surface area contributed by atoms with Crippen molar-refractivity contribution in [2.75, 3.05) is 13.1 Å². The maximum Gasteiger partial charge on any atom is 0.0120 e. The number of likely N-dealkylation sites (tertiary alicyclic amines) is 1. The molecule has 0 radical (unpaired) electrons. The molecule has 2 heteroatoms. The van der Waals surface area contributed by atoms with E-state index in [2.05, 4.69) is 37.9 Å². The number of nitrogens with one attached hydrogen (secondary N) is 1. The zero-order chi connectivity index (χ0) is 14.5. The van der Waals surface area contributed by atoms with Gasteiger partial charge < -0.3 is 5.32 Å². The Bertz CT molecular complexity index is 279. The van der Waals surface area contributed by atoms with Crippen LogP contribution in [0.5, 0.6) is 0 Å². The first-order valence-corrected chi connectivity index (χ1v) is 9.12. The molecule has 0 aromatic rings. The van der Waals surface area contributed by atoms with Crippen LogP contribution in [-0.4, -0.2) is 36.1 Å². The molecule has 1 saturated carbocycles. The number of hydrogen-bond donors (Lipinski definition) is 1. The van der Waals surface area contributed by atoms with Gasteiger partial charge in [-0.25, -0.2) is 0 Å². The summed E-state index contributed by atoms with van der Waals surface area (Å²) in [5, 5.41) is 3.77. The lowest BCUT2D eigenvalue weighted by Gasteiger charge is -2.46. The number of rotatable bonds is 4. The summed E-state index contributed by atoms with van der Waals surface area (Å²) < 4.78 is 0. The van der Waals surface area contributed by atoms with E-state index in [1.54, 1.807) is 0 Å². The van der Waals surface area contributed by atoms with Gasteiger partial charge in [-0.3, -0.25) is 4.90 Å². The van der Waals surface area contributed by atoms with E-state index in [4.69, 9.17) is 0 Å². The standard InChI is InChI=1S/C18H36N2/c1-5-12-19-18-11-13-20(16(4)15(18)3)17-8-6-7-14(2)9-10-17/h14-19H,5-13H2,1-4H3. The van der Waals surface area contributed by atoms with Crippen molar-refractivity contribution in [3.8, 4) is 0 Å². The predicted octanol–water partition coefficient (Wildman–Crippen LogP) is 4.05. The van der Waals surface area contributed by atoms with Gasteiger partial charge in [-0.2, -0.15) is 0 Å². The lowest BCUT2D eigenvalue weighted by atomic mass is 9.85. The molecular formula is C18H36N2. The number of hydrogen-bond acceptors (Lipinski definition) is 2. The monoisotopic (exact) mass is 280 g/mol. The van der Waals surface area contributed by atoms with Gasteiger partial charge in [0.05, 0.1) is 0 Å². The van der Waals surface area contributed by atoms with E-state index in [0.29, 0.717) is 0 Å². The lowest BCUT2D eigenvalue weighted by molar-refractivity contribution is 0.0403. The van der Waals surface area contributed by atoms with Crippen LogP contribution in [0.3, 0.4) is 0 Å². The molecule has 5 unspecified atom stereocenters. The van der Waals surface area contributed by atoms with Crippen molar-refractivity contribution < 1.29 is 0 Å². The Labute approximate surface area is 126 Å². The van der Waals surface area contributed by atoms with Crippen LogP contribution in [0.2, 0.25) is 0 Å². The third-order valence-corrected chi connectivity index (χ3v) is 5.97. The van der Waals surface area contributed by atoms with Crippen LogP contribution < -0.4 is 5.32 Å². The largest absolute Gasteiger partial charge is 0.314 e. The van der Waals surface area contributed by atoms with Crippen molar-refractivity contribution in [2.45, 2.75) is 90.8 Å². The third-order valence-electron chi connectivity index (χ3n) is 5.97. The van der Waals surface area contributed by atoms with Gasteiger partial charge in [-0.15, -0.1) is 0 Å². The molecule has 0 bridgehead atoms. The summed E-state index contributed by atoms with van der Waals surface area (Å²) in [5.41, 5.74) is 0. The van der Waals surface area contributed by atoms with Crippen molar-refractivity contribution in [1.82, 2.24) is 10.2 Å². The summed E-state index contributed by atoms with van der Waals surface area (Å²) in [5.74, 6) is 1.74. The van der Waals surface area contributed by atoms with Crippen molar-refractivity contribution >= 4 is 0 Å². The van der Waals surface area contributed by atoms with E-state index in [1.807, 2.05) is 0 Å². The predicted molar refractivity (Wildman–Crippen MR) is 88.1 cm³/mol. The maximum absolute atomic E-state index is 3.77. The highest BCUT2D eigenvalue weighted by atomic mass is 15.2. The van der Waals surface area contributed by atoms with Crippen molar-refractivity contribution in [3.63, 3.8) is 0 Å². The van der Waals surface area contributed by atoms with Crippen molar-refractivity contribution in [3.05, 3.63) is 0 Å². The van der Waals surface area contributed by atoms with E-state index >= 15 is 0 Å². The average Bonchev–Trinajstić information content (AvgIpc) is 2.65. The molecule has 1 aliphatic heterocycles. The molecule has 0 amide bonds. The SMILES string of the molecule is CCCNC1CCN(C2CCCC(C)CC2)C(C)C1C. The minimum atomic E-state index is 0.742. The molecular weight excluding hydrogens is 244 g/mol. The molecule has 0 aromatic heterocycles. The summed E-state index contributed by atoms with van der Waals surface area (Å²) in [7, 11) is 0. The Morgan fingerprint density at radius 2 is 1.80 bits per heavy atom. The van der Waals surface area contributed by atoms with Crippen LogP contribution in [0.15, 0.2) is 0 Å². The van der Waals surface area contributed by atoms with E-state index in [9.17, 15) is 0 Å². The van der Waals surface area contributed by atoms with Gasteiger partial charge in [-0.05, 0) is 57.4 Å². The summed E-state index contributed by atoms with van der Waals surface area (Å²) in [6.07, 6.45) is 9.81. The Balaban J connectivity index is 1.90. The molecule has 0 spiro atoms. The first kappa shape index (κ1) is 16.3. The summed E-state index contributed by atoms with van der Waals surface area (Å²) in [6, 6.07) is 2.35. The van der Waals surface area contributed by atoms with Crippen molar-refractivity contribution in [2.24, 2.45) is 11.8 Å². The van der Waals surface area contributed by atoms with Crippen LogP contribution in [0.4, 0.5) is 0 Å². The molecule has 1 heterocycles. The van der Waals surface area contributed by atoms with Gasteiger partial charge in [-0.1, -0.05) is 33.6 Å². The zero-order valence-electron chi connectivity index (χ0n) is 14.2. The van der Waals surface area contributed by atoms with Gasteiger partial charge in [0, 0.05) is 24.7 Å². The summed E-state index contributed by atoms with van der Waals surface area (Å²) in [4.78, 5) is 2.85. The van der Waals surface area contributed by atoms with Gasteiger partial charge in [0.25, 0.3) is 0 Å². The smallest absolute Gasteiger partial charge is 0.0120 e. The van der Waals surface area contributed by atoms with Gasteiger partial charge in [0.2, 0.25) is 0 Å². The fourth-order valence-electron chi connectivity index (χ4n) is 4.32. The highest BCUT2D eigenvalue weighted by molar-refractivity contribution is 4.92. The van der Waals surface area contributed by atoms with Gasteiger partial charge in [0.15, 0.2) is 0 Å². The van der Waals surface area contributed by atoms with Crippen molar-refractivity contribution in [1.29, 1.82) is 0 Å². The van der Waals surface area contributed by atoms with Crippen LogP contribution in [0.25, 0.3) is 0 Å².